The molecule has 0 amide bonds. The van der Waals surface area contributed by atoms with Gasteiger partial charge in [-0.05, 0) is 40.9 Å². The van der Waals surface area contributed by atoms with Crippen molar-refractivity contribution in [2.75, 3.05) is 20.3 Å². The summed E-state index contributed by atoms with van der Waals surface area (Å²) in [7, 11) is 1.70. The van der Waals surface area contributed by atoms with Crippen molar-refractivity contribution in [1.82, 2.24) is 5.32 Å². The Bertz CT molecular complexity index is 406. The molecule has 1 unspecified atom stereocenters. The van der Waals surface area contributed by atoms with E-state index in [4.69, 9.17) is 9.47 Å². The number of rotatable bonds is 4. The molecule has 18 heavy (non-hydrogen) atoms. The molecule has 0 aromatic heterocycles. The number of nitrogens with one attached hydrogen (secondary N) is 1. The lowest BCUT2D eigenvalue weighted by atomic mass is 10.1. The van der Waals surface area contributed by atoms with E-state index >= 15 is 0 Å². The minimum Gasteiger partial charge on any atom is -0.495 e. The summed E-state index contributed by atoms with van der Waals surface area (Å²) in [5, 5.41) is 3.52. The van der Waals surface area contributed by atoms with E-state index in [0.717, 1.165) is 46.4 Å². The van der Waals surface area contributed by atoms with Gasteiger partial charge in [0.05, 0.1) is 18.2 Å². The van der Waals surface area contributed by atoms with Crippen LogP contribution in [-0.4, -0.2) is 26.4 Å². The second-order valence-corrected chi connectivity index (χ2v) is 6.14. The van der Waals surface area contributed by atoms with Crippen LogP contribution in [0.15, 0.2) is 21.1 Å². The van der Waals surface area contributed by atoms with Gasteiger partial charge in [-0.2, -0.15) is 0 Å². The monoisotopic (exact) mass is 377 g/mol. The second-order valence-electron chi connectivity index (χ2n) is 4.37. The van der Waals surface area contributed by atoms with Gasteiger partial charge in [-0.3, -0.25) is 0 Å². The molecule has 0 bridgehead atoms. The van der Waals surface area contributed by atoms with Crippen LogP contribution < -0.4 is 10.1 Å². The molecule has 1 saturated heterocycles. The van der Waals surface area contributed by atoms with Crippen LogP contribution in [0.2, 0.25) is 0 Å². The third-order valence-corrected chi connectivity index (χ3v) is 4.08. The first kappa shape index (κ1) is 14.3. The van der Waals surface area contributed by atoms with Gasteiger partial charge in [0, 0.05) is 29.2 Å². The molecule has 1 aliphatic rings. The Balaban J connectivity index is 2.03. The Morgan fingerprint density at radius 3 is 2.94 bits per heavy atom. The maximum absolute atomic E-state index is 5.46. The smallest absolute Gasteiger partial charge is 0.137 e. The molecule has 100 valence electrons. The zero-order chi connectivity index (χ0) is 13.0. The predicted octanol–water partition coefficient (Wildman–Crippen LogP) is 3.49. The fourth-order valence-corrected chi connectivity index (χ4v) is 3.61. The van der Waals surface area contributed by atoms with Crippen LogP contribution in [0.4, 0.5) is 0 Å². The number of ether oxygens (including phenoxy) is 2. The summed E-state index contributed by atoms with van der Waals surface area (Å²) >= 11 is 7.02. The molecule has 1 aliphatic heterocycles. The molecule has 0 saturated carbocycles. The van der Waals surface area contributed by atoms with Crippen LogP contribution in [0.3, 0.4) is 0 Å². The van der Waals surface area contributed by atoms with E-state index in [1.165, 1.54) is 6.42 Å². The van der Waals surface area contributed by atoms with E-state index in [9.17, 15) is 0 Å². The molecule has 2 rings (SSSR count). The average molecular weight is 379 g/mol. The van der Waals surface area contributed by atoms with Crippen molar-refractivity contribution in [2.24, 2.45) is 0 Å². The zero-order valence-corrected chi connectivity index (χ0v) is 13.5. The summed E-state index contributed by atoms with van der Waals surface area (Å²) in [6, 6.07) is 4.52. The molecule has 1 N–H and O–H groups in total. The van der Waals surface area contributed by atoms with Gasteiger partial charge in [-0.25, -0.2) is 0 Å². The van der Waals surface area contributed by atoms with Crippen molar-refractivity contribution >= 4 is 31.9 Å². The first-order valence-corrected chi connectivity index (χ1v) is 7.62. The van der Waals surface area contributed by atoms with Crippen LogP contribution in [0, 0.1) is 0 Å². The van der Waals surface area contributed by atoms with Crippen LogP contribution in [0.1, 0.15) is 18.4 Å². The van der Waals surface area contributed by atoms with Crippen molar-refractivity contribution in [3.63, 3.8) is 0 Å². The standard InChI is InChI=1S/C13H17Br2NO2/c1-17-13-9(5-10(14)6-12(13)15)7-16-11-3-2-4-18-8-11/h5-6,11,16H,2-4,7-8H2,1H3. The topological polar surface area (TPSA) is 30.5 Å². The number of methoxy groups -OCH3 is 1. The molecule has 3 nitrogen and oxygen atoms in total. The van der Waals surface area contributed by atoms with E-state index < -0.39 is 0 Å². The van der Waals surface area contributed by atoms with Gasteiger partial charge in [-0.1, -0.05) is 15.9 Å². The summed E-state index contributed by atoms with van der Waals surface area (Å²) < 4.78 is 12.9. The van der Waals surface area contributed by atoms with Crippen LogP contribution in [0.25, 0.3) is 0 Å². The highest BCUT2D eigenvalue weighted by atomic mass is 79.9. The molecule has 1 heterocycles. The summed E-state index contributed by atoms with van der Waals surface area (Å²) in [5.74, 6) is 0.891. The number of hydrogen-bond acceptors (Lipinski definition) is 3. The fourth-order valence-electron chi connectivity index (χ4n) is 2.13. The number of halogens is 2. The van der Waals surface area contributed by atoms with E-state index in [1.54, 1.807) is 7.11 Å². The average Bonchev–Trinajstić information content (AvgIpc) is 2.37. The molecule has 1 fully saturated rings. The fraction of sp³-hybridized carbons (Fsp3) is 0.538. The number of hydrogen-bond donors (Lipinski definition) is 1. The van der Waals surface area contributed by atoms with Crippen molar-refractivity contribution in [1.29, 1.82) is 0 Å². The van der Waals surface area contributed by atoms with Crippen molar-refractivity contribution in [3.05, 3.63) is 26.6 Å². The van der Waals surface area contributed by atoms with Crippen molar-refractivity contribution < 1.29 is 9.47 Å². The molecule has 0 radical (unpaired) electrons. The van der Waals surface area contributed by atoms with Crippen LogP contribution in [-0.2, 0) is 11.3 Å². The lowest BCUT2D eigenvalue weighted by Crippen LogP contribution is -2.36. The highest BCUT2D eigenvalue weighted by molar-refractivity contribution is 9.11. The summed E-state index contributed by atoms with van der Waals surface area (Å²) in [6.45, 7) is 2.48. The van der Waals surface area contributed by atoms with Crippen molar-refractivity contribution in [2.45, 2.75) is 25.4 Å². The molecular formula is C13H17Br2NO2. The normalized spacial score (nSPS) is 19.8. The van der Waals surface area contributed by atoms with Crippen LogP contribution in [0.5, 0.6) is 5.75 Å². The zero-order valence-electron chi connectivity index (χ0n) is 10.3. The van der Waals surface area contributed by atoms with E-state index in [2.05, 4.69) is 43.2 Å². The number of benzene rings is 1. The molecule has 1 aromatic rings. The van der Waals surface area contributed by atoms with E-state index in [0.29, 0.717) is 6.04 Å². The Kier molecular flexibility index (Phi) is 5.48. The van der Waals surface area contributed by atoms with Gasteiger partial charge >= 0.3 is 0 Å². The Morgan fingerprint density at radius 1 is 1.44 bits per heavy atom. The third-order valence-electron chi connectivity index (χ3n) is 3.03. The minimum absolute atomic E-state index is 0.446. The van der Waals surface area contributed by atoms with Gasteiger partial charge in [0.25, 0.3) is 0 Å². The molecule has 0 spiro atoms. The van der Waals surface area contributed by atoms with Crippen LogP contribution >= 0.6 is 31.9 Å². The highest BCUT2D eigenvalue weighted by Gasteiger charge is 2.15. The Labute approximate surface area is 124 Å². The van der Waals surface area contributed by atoms with Crippen molar-refractivity contribution in [3.8, 4) is 5.75 Å². The van der Waals surface area contributed by atoms with Gasteiger partial charge in [0.2, 0.25) is 0 Å². The maximum Gasteiger partial charge on any atom is 0.137 e. The van der Waals surface area contributed by atoms with E-state index in [1.807, 2.05) is 6.07 Å². The third kappa shape index (κ3) is 3.70. The molecule has 1 atom stereocenters. The first-order chi connectivity index (χ1) is 8.70. The first-order valence-electron chi connectivity index (χ1n) is 6.03. The van der Waals surface area contributed by atoms with Gasteiger partial charge in [0.1, 0.15) is 5.75 Å². The summed E-state index contributed by atoms with van der Waals surface area (Å²) in [5.41, 5.74) is 1.14. The minimum atomic E-state index is 0.446. The lowest BCUT2D eigenvalue weighted by molar-refractivity contribution is 0.0698. The maximum atomic E-state index is 5.46. The van der Waals surface area contributed by atoms with E-state index in [-0.39, 0.29) is 0 Å². The van der Waals surface area contributed by atoms with Gasteiger partial charge < -0.3 is 14.8 Å². The molecule has 5 heteroatoms. The van der Waals surface area contributed by atoms with Gasteiger partial charge in [0.15, 0.2) is 0 Å². The molecular weight excluding hydrogens is 362 g/mol. The summed E-state index contributed by atoms with van der Waals surface area (Å²) in [6.07, 6.45) is 2.31. The molecule has 1 aromatic carbocycles. The lowest BCUT2D eigenvalue weighted by Gasteiger charge is -2.23. The SMILES string of the molecule is COc1c(Br)cc(Br)cc1CNC1CCCOC1. The largest absolute Gasteiger partial charge is 0.495 e. The Hall–Kier alpha value is -0.100. The predicted molar refractivity (Wildman–Crippen MR) is 79.1 cm³/mol. The Morgan fingerprint density at radius 2 is 2.28 bits per heavy atom. The second kappa shape index (κ2) is 6.89. The quantitative estimate of drug-likeness (QED) is 0.869. The highest BCUT2D eigenvalue weighted by Crippen LogP contribution is 2.32. The van der Waals surface area contributed by atoms with Gasteiger partial charge in [-0.15, -0.1) is 0 Å². The molecule has 0 aliphatic carbocycles. The summed E-state index contributed by atoms with van der Waals surface area (Å²) in [4.78, 5) is 0.